The Bertz CT molecular complexity index is 967. The number of carbonyl (C=O) groups is 2. The van der Waals surface area contributed by atoms with Crippen molar-refractivity contribution in [1.82, 2.24) is 19.5 Å². The van der Waals surface area contributed by atoms with Crippen molar-refractivity contribution in [2.24, 2.45) is 0 Å². The van der Waals surface area contributed by atoms with Crippen LogP contribution in [0.3, 0.4) is 0 Å². The first-order valence-corrected chi connectivity index (χ1v) is 10.7. The van der Waals surface area contributed by atoms with Crippen LogP contribution in [-0.4, -0.2) is 114 Å². The quantitative estimate of drug-likeness (QED) is 0.136. The van der Waals surface area contributed by atoms with Gasteiger partial charge >= 0.3 is 12.3 Å². The standard InChI is InChI=1S/C19H29N5O12/c20-17-22-15-14(16(27)23-17)21-11-24(15)12-36-13(9-34-18(28)32-7-5-30-3-1-25)10-35-19(29)33-8-6-31-4-2-26/h11,13,25-26H,1-10,12H2,(H3,20,22,23,27). The Labute approximate surface area is 204 Å². The van der Waals surface area contributed by atoms with Crippen molar-refractivity contribution in [2.45, 2.75) is 12.8 Å². The fraction of sp³-hybridized carbons (Fsp3) is 0.632. The van der Waals surface area contributed by atoms with Gasteiger partial charge in [-0.1, -0.05) is 0 Å². The van der Waals surface area contributed by atoms with E-state index in [1.165, 1.54) is 10.9 Å². The van der Waals surface area contributed by atoms with Crippen LogP contribution in [0.4, 0.5) is 15.5 Å². The first kappa shape index (κ1) is 28.7. The number of fused-ring (bicyclic) bond motifs is 1. The number of anilines is 1. The summed E-state index contributed by atoms with van der Waals surface area (Å²) in [5, 5.41) is 17.3. The Morgan fingerprint density at radius 2 is 1.53 bits per heavy atom. The smallest absolute Gasteiger partial charge is 0.432 e. The SMILES string of the molecule is Nc1nc2c(ncn2COC(COC(=O)OCCOCCO)COC(=O)OCCOCCO)c(=O)[nH]1. The maximum absolute atomic E-state index is 11.9. The number of nitrogens with two attached hydrogens (primary N) is 1. The number of aliphatic hydroxyl groups excluding tert-OH is 2. The summed E-state index contributed by atoms with van der Waals surface area (Å²) in [5.74, 6) is -0.117. The third kappa shape index (κ3) is 10.4. The number of rotatable bonds is 17. The van der Waals surface area contributed by atoms with Gasteiger partial charge in [-0.3, -0.25) is 14.3 Å². The van der Waals surface area contributed by atoms with E-state index in [0.717, 1.165) is 0 Å². The molecule has 17 heteroatoms. The molecule has 0 aliphatic rings. The van der Waals surface area contributed by atoms with Gasteiger partial charge in [0.2, 0.25) is 5.95 Å². The lowest BCUT2D eigenvalue weighted by Gasteiger charge is -2.18. The molecule has 5 N–H and O–H groups in total. The van der Waals surface area contributed by atoms with Gasteiger partial charge in [-0.2, -0.15) is 4.98 Å². The minimum Gasteiger partial charge on any atom is -0.432 e. The van der Waals surface area contributed by atoms with Crippen molar-refractivity contribution in [3.8, 4) is 0 Å². The first-order valence-electron chi connectivity index (χ1n) is 10.7. The van der Waals surface area contributed by atoms with Crippen LogP contribution in [0.1, 0.15) is 0 Å². The third-order valence-electron chi connectivity index (χ3n) is 4.08. The van der Waals surface area contributed by atoms with E-state index in [1.807, 2.05) is 0 Å². The van der Waals surface area contributed by atoms with Crippen LogP contribution in [0.5, 0.6) is 0 Å². The number of hydrogen-bond acceptors (Lipinski definition) is 15. The lowest BCUT2D eigenvalue weighted by Crippen LogP contribution is -2.30. The molecule has 17 nitrogen and oxygen atoms in total. The molecule has 0 bridgehead atoms. The minimum absolute atomic E-state index is 0.0378. The molecule has 0 saturated heterocycles. The van der Waals surface area contributed by atoms with Gasteiger partial charge in [0, 0.05) is 0 Å². The van der Waals surface area contributed by atoms with Crippen molar-refractivity contribution in [3.05, 3.63) is 16.7 Å². The van der Waals surface area contributed by atoms with Gasteiger partial charge in [0.1, 0.15) is 39.3 Å². The number of nitrogen functional groups attached to an aromatic ring is 1. The molecule has 2 rings (SSSR count). The summed E-state index contributed by atoms with van der Waals surface area (Å²) in [5.41, 5.74) is 5.23. The van der Waals surface area contributed by atoms with Gasteiger partial charge < -0.3 is 49.1 Å². The minimum atomic E-state index is -1.02. The van der Waals surface area contributed by atoms with Crippen LogP contribution in [0.15, 0.2) is 11.1 Å². The summed E-state index contributed by atoms with van der Waals surface area (Å²) >= 11 is 0. The highest BCUT2D eigenvalue weighted by Gasteiger charge is 2.18. The first-order chi connectivity index (χ1) is 17.4. The van der Waals surface area contributed by atoms with Crippen LogP contribution in [-0.2, 0) is 39.9 Å². The summed E-state index contributed by atoms with van der Waals surface area (Å²) in [7, 11) is 0. The van der Waals surface area contributed by atoms with E-state index in [9.17, 15) is 14.4 Å². The zero-order valence-electron chi connectivity index (χ0n) is 19.3. The third-order valence-corrected chi connectivity index (χ3v) is 4.08. The summed E-state index contributed by atoms with van der Waals surface area (Å²) in [6, 6.07) is 0. The normalized spacial score (nSPS) is 11.1. The largest absolute Gasteiger partial charge is 0.508 e. The van der Waals surface area contributed by atoms with E-state index in [0.29, 0.717) is 0 Å². The Hall–Kier alpha value is -3.51. The average Bonchev–Trinajstić information content (AvgIpc) is 3.26. The summed E-state index contributed by atoms with van der Waals surface area (Å²) in [6.07, 6.45) is -1.72. The lowest BCUT2D eigenvalue weighted by molar-refractivity contribution is -0.0738. The van der Waals surface area contributed by atoms with E-state index in [-0.39, 0.29) is 89.9 Å². The second kappa shape index (κ2) is 16.2. The van der Waals surface area contributed by atoms with E-state index in [2.05, 4.69) is 15.0 Å². The van der Waals surface area contributed by atoms with Crippen LogP contribution in [0.25, 0.3) is 11.2 Å². The molecular weight excluding hydrogens is 490 g/mol. The Kier molecular flexibility index (Phi) is 12.9. The van der Waals surface area contributed by atoms with Crippen molar-refractivity contribution >= 4 is 29.4 Å². The second-order valence-corrected chi connectivity index (χ2v) is 6.75. The molecule has 0 fully saturated rings. The van der Waals surface area contributed by atoms with E-state index >= 15 is 0 Å². The number of carbonyl (C=O) groups excluding carboxylic acids is 2. The van der Waals surface area contributed by atoms with Crippen molar-refractivity contribution < 1.29 is 53.0 Å². The topological polar surface area (TPSA) is 229 Å². The number of nitrogens with one attached hydrogen (secondary N) is 1. The molecule has 0 saturated carbocycles. The summed E-state index contributed by atoms with van der Waals surface area (Å²) in [4.78, 5) is 45.8. The maximum Gasteiger partial charge on any atom is 0.508 e. The maximum atomic E-state index is 11.9. The number of imidazole rings is 1. The van der Waals surface area contributed by atoms with Crippen molar-refractivity contribution in [2.75, 3.05) is 71.8 Å². The number of ether oxygens (including phenoxy) is 7. The Morgan fingerprint density at radius 3 is 2.08 bits per heavy atom. The molecule has 0 aliphatic heterocycles. The number of H-pyrrole nitrogens is 1. The molecular formula is C19H29N5O12. The molecule has 0 amide bonds. The van der Waals surface area contributed by atoms with Gasteiger partial charge in [0.15, 0.2) is 11.2 Å². The average molecular weight is 519 g/mol. The molecule has 36 heavy (non-hydrogen) atoms. The fourth-order valence-corrected chi connectivity index (χ4v) is 2.50. The monoisotopic (exact) mass is 519 g/mol. The highest BCUT2D eigenvalue weighted by atomic mass is 16.7. The van der Waals surface area contributed by atoms with Gasteiger partial charge in [-0.25, -0.2) is 14.6 Å². The molecule has 0 atom stereocenters. The molecule has 2 heterocycles. The van der Waals surface area contributed by atoms with Gasteiger partial charge in [-0.05, 0) is 0 Å². The molecule has 2 aromatic rings. The molecule has 2 aromatic heterocycles. The van der Waals surface area contributed by atoms with E-state index < -0.39 is 24.0 Å². The Morgan fingerprint density at radius 1 is 0.944 bits per heavy atom. The van der Waals surface area contributed by atoms with Crippen LogP contribution >= 0.6 is 0 Å². The molecule has 0 radical (unpaired) electrons. The highest BCUT2D eigenvalue weighted by Crippen LogP contribution is 2.08. The predicted molar refractivity (Wildman–Crippen MR) is 118 cm³/mol. The molecule has 0 aliphatic carbocycles. The zero-order valence-corrected chi connectivity index (χ0v) is 19.3. The zero-order chi connectivity index (χ0) is 26.2. The van der Waals surface area contributed by atoms with Gasteiger partial charge in [0.05, 0.1) is 46.0 Å². The number of aliphatic hydroxyl groups is 2. The number of aromatic amines is 1. The Balaban J connectivity index is 1.89. The van der Waals surface area contributed by atoms with E-state index in [1.54, 1.807) is 0 Å². The molecule has 0 spiro atoms. The van der Waals surface area contributed by atoms with Gasteiger partial charge in [-0.15, -0.1) is 0 Å². The fourth-order valence-electron chi connectivity index (χ4n) is 2.50. The number of nitrogens with zero attached hydrogens (tertiary/aromatic N) is 3. The van der Waals surface area contributed by atoms with Crippen LogP contribution < -0.4 is 11.3 Å². The van der Waals surface area contributed by atoms with E-state index in [4.69, 9.17) is 49.1 Å². The van der Waals surface area contributed by atoms with Crippen LogP contribution in [0, 0.1) is 0 Å². The number of aromatic nitrogens is 4. The molecule has 0 aromatic carbocycles. The van der Waals surface area contributed by atoms with Crippen molar-refractivity contribution in [1.29, 1.82) is 0 Å². The second-order valence-electron chi connectivity index (χ2n) is 6.75. The summed E-state index contributed by atoms with van der Waals surface area (Å²) in [6.45, 7) is -1.15. The van der Waals surface area contributed by atoms with Crippen LogP contribution in [0.2, 0.25) is 0 Å². The summed E-state index contributed by atoms with van der Waals surface area (Å²) < 4.78 is 36.6. The van der Waals surface area contributed by atoms with Crippen molar-refractivity contribution in [3.63, 3.8) is 0 Å². The van der Waals surface area contributed by atoms with Gasteiger partial charge in [0.25, 0.3) is 5.56 Å². The lowest BCUT2D eigenvalue weighted by atomic mass is 10.4. The molecule has 202 valence electrons. The molecule has 0 unspecified atom stereocenters. The highest BCUT2D eigenvalue weighted by molar-refractivity contribution is 5.70. The predicted octanol–water partition coefficient (Wildman–Crippen LogP) is -1.63. The number of hydrogen-bond donors (Lipinski definition) is 4.